The molecule has 1 N–H and O–H groups in total. The Balaban J connectivity index is 2.15. The van der Waals surface area contributed by atoms with E-state index in [0.717, 1.165) is 25.0 Å². The van der Waals surface area contributed by atoms with Gasteiger partial charge in [0.25, 0.3) is 0 Å². The van der Waals surface area contributed by atoms with E-state index in [0.29, 0.717) is 29.5 Å². The maximum atomic E-state index is 12.9. The normalized spacial score (nSPS) is 16.0. The fourth-order valence-corrected chi connectivity index (χ4v) is 4.09. The minimum absolute atomic E-state index is 0.0957. The molecule has 3 rings (SSSR count). The van der Waals surface area contributed by atoms with Crippen LogP contribution in [0.3, 0.4) is 0 Å². The van der Waals surface area contributed by atoms with E-state index in [1.807, 2.05) is 0 Å². The summed E-state index contributed by atoms with van der Waals surface area (Å²) in [5.41, 5.74) is -0.748. The van der Waals surface area contributed by atoms with Crippen molar-refractivity contribution in [3.8, 4) is 16.9 Å². The second-order valence-electron chi connectivity index (χ2n) is 7.04. The lowest BCUT2D eigenvalue weighted by atomic mass is 9.78. The number of aliphatic carboxylic acids is 1. The number of carboxylic acids is 1. The molecule has 1 aliphatic rings. The predicted octanol–water partition coefficient (Wildman–Crippen LogP) is 6.27. The van der Waals surface area contributed by atoms with Crippen LogP contribution in [0.1, 0.15) is 36.8 Å². The average molecular weight is 431 g/mol. The molecular weight excluding hydrogens is 412 g/mol. The van der Waals surface area contributed by atoms with Crippen LogP contribution in [0.5, 0.6) is 5.75 Å². The lowest BCUT2D eigenvalue weighted by Gasteiger charge is -2.26. The van der Waals surface area contributed by atoms with Crippen LogP contribution in [0.25, 0.3) is 11.1 Å². The summed E-state index contributed by atoms with van der Waals surface area (Å²) in [5, 5.41) is 9.95. The van der Waals surface area contributed by atoms with Crippen LogP contribution in [0.2, 0.25) is 5.02 Å². The van der Waals surface area contributed by atoms with E-state index in [4.69, 9.17) is 16.3 Å². The van der Waals surface area contributed by atoms with Crippen LogP contribution in [-0.4, -0.2) is 24.4 Å². The van der Waals surface area contributed by atoms with E-state index in [2.05, 4.69) is 0 Å². The van der Waals surface area contributed by atoms with Gasteiger partial charge < -0.3 is 9.84 Å². The Labute approximate surface area is 170 Å². The Kier molecular flexibility index (Phi) is 6.08. The molecule has 0 atom stereocenters. The maximum Gasteiger partial charge on any atom is 0.416 e. The lowest BCUT2D eigenvalue weighted by molar-refractivity contribution is -0.143. The molecule has 3 nitrogen and oxygen atoms in total. The molecular formula is C21H19ClF4O3. The van der Waals surface area contributed by atoms with Crippen LogP contribution >= 0.6 is 11.6 Å². The molecule has 0 spiro atoms. The first-order valence-corrected chi connectivity index (χ1v) is 9.50. The molecule has 0 heterocycles. The molecule has 0 aliphatic heterocycles. The molecule has 1 fully saturated rings. The van der Waals surface area contributed by atoms with Crippen molar-refractivity contribution in [3.05, 3.63) is 52.5 Å². The van der Waals surface area contributed by atoms with Gasteiger partial charge in [-0.15, -0.1) is 0 Å². The molecule has 0 aromatic heterocycles. The lowest BCUT2D eigenvalue weighted by Crippen LogP contribution is -2.32. The summed E-state index contributed by atoms with van der Waals surface area (Å²) in [7, 11) is 0. The summed E-state index contributed by atoms with van der Waals surface area (Å²) in [4.78, 5) is 12.0. The van der Waals surface area contributed by atoms with E-state index < -0.39 is 29.8 Å². The fourth-order valence-electron chi connectivity index (χ4n) is 3.81. The number of carbonyl (C=O) groups is 1. The van der Waals surface area contributed by atoms with Gasteiger partial charge in [0, 0.05) is 5.56 Å². The third-order valence-corrected chi connectivity index (χ3v) is 5.59. The molecule has 0 unspecified atom stereocenters. The summed E-state index contributed by atoms with van der Waals surface area (Å²) in [6.45, 7) is -1.06. The zero-order valence-electron chi connectivity index (χ0n) is 15.4. The number of hydrogen-bond donors (Lipinski definition) is 1. The highest BCUT2D eigenvalue weighted by Gasteiger charge is 2.43. The fraction of sp³-hybridized carbons (Fsp3) is 0.381. The van der Waals surface area contributed by atoms with E-state index in [9.17, 15) is 27.5 Å². The molecule has 0 bridgehead atoms. The van der Waals surface area contributed by atoms with Gasteiger partial charge in [0.05, 0.1) is 16.0 Å². The molecule has 0 radical (unpaired) electrons. The number of ether oxygens (including phenoxy) is 1. The summed E-state index contributed by atoms with van der Waals surface area (Å²) in [6.07, 6.45) is -2.10. The van der Waals surface area contributed by atoms with E-state index in [-0.39, 0.29) is 17.4 Å². The molecule has 2 aromatic carbocycles. The van der Waals surface area contributed by atoms with Crippen molar-refractivity contribution in [1.29, 1.82) is 0 Å². The second-order valence-corrected chi connectivity index (χ2v) is 7.45. The first-order chi connectivity index (χ1) is 13.7. The van der Waals surface area contributed by atoms with Crippen molar-refractivity contribution in [2.75, 3.05) is 13.3 Å². The third-order valence-electron chi connectivity index (χ3n) is 5.31. The van der Waals surface area contributed by atoms with E-state index >= 15 is 0 Å². The molecule has 29 heavy (non-hydrogen) atoms. The summed E-state index contributed by atoms with van der Waals surface area (Å²) < 4.78 is 56.7. The summed E-state index contributed by atoms with van der Waals surface area (Å²) in [5.74, 6) is -0.853. The smallest absolute Gasteiger partial charge is 0.416 e. The van der Waals surface area contributed by atoms with Crippen LogP contribution in [0, 0.1) is 0 Å². The first-order valence-electron chi connectivity index (χ1n) is 9.13. The van der Waals surface area contributed by atoms with Gasteiger partial charge in [-0.2, -0.15) is 13.2 Å². The van der Waals surface area contributed by atoms with Gasteiger partial charge in [0.15, 0.2) is 0 Å². The maximum absolute atomic E-state index is 12.9. The largest absolute Gasteiger partial charge is 0.489 e. The van der Waals surface area contributed by atoms with Crippen molar-refractivity contribution in [2.24, 2.45) is 0 Å². The molecule has 2 aromatic rings. The van der Waals surface area contributed by atoms with E-state index in [1.54, 1.807) is 6.07 Å². The average Bonchev–Trinajstić information content (AvgIpc) is 3.17. The van der Waals surface area contributed by atoms with Gasteiger partial charge in [0.2, 0.25) is 0 Å². The Bertz CT molecular complexity index is 888. The van der Waals surface area contributed by atoms with Crippen LogP contribution in [0.15, 0.2) is 36.4 Å². The highest BCUT2D eigenvalue weighted by molar-refractivity contribution is 6.32. The number of rotatable bonds is 6. The molecule has 0 amide bonds. The van der Waals surface area contributed by atoms with Gasteiger partial charge in [0.1, 0.15) is 19.0 Å². The van der Waals surface area contributed by atoms with Crippen LogP contribution in [0.4, 0.5) is 17.6 Å². The first kappa shape index (κ1) is 21.4. The number of hydrogen-bond acceptors (Lipinski definition) is 2. The Morgan fingerprint density at radius 2 is 1.76 bits per heavy atom. The Morgan fingerprint density at radius 1 is 1.14 bits per heavy atom. The van der Waals surface area contributed by atoms with Crippen molar-refractivity contribution in [3.63, 3.8) is 0 Å². The van der Waals surface area contributed by atoms with E-state index in [1.165, 1.54) is 18.2 Å². The monoisotopic (exact) mass is 430 g/mol. The van der Waals surface area contributed by atoms with Crippen LogP contribution < -0.4 is 4.74 Å². The Morgan fingerprint density at radius 3 is 2.28 bits per heavy atom. The van der Waals surface area contributed by atoms with Crippen molar-refractivity contribution in [1.82, 2.24) is 0 Å². The molecule has 8 heteroatoms. The zero-order chi connectivity index (χ0) is 21.2. The molecule has 1 aliphatic carbocycles. The van der Waals surface area contributed by atoms with Gasteiger partial charge in [-0.3, -0.25) is 4.79 Å². The molecule has 156 valence electrons. The van der Waals surface area contributed by atoms with Gasteiger partial charge >= 0.3 is 12.1 Å². The molecule has 0 saturated heterocycles. The van der Waals surface area contributed by atoms with Crippen molar-refractivity contribution < 1.29 is 32.2 Å². The SMILES string of the molecule is O=C(O)C1(c2cc(Cl)c(OCCF)c(-c3ccc(C(F)(F)F)cc3)c2)CCCC1. The van der Waals surface area contributed by atoms with Crippen molar-refractivity contribution >= 4 is 17.6 Å². The van der Waals surface area contributed by atoms with Crippen molar-refractivity contribution in [2.45, 2.75) is 37.3 Å². The number of benzene rings is 2. The number of alkyl halides is 4. The standard InChI is InChI=1S/C21H19ClF4O3/c22-17-12-15(20(19(27)28)7-1-2-8-20)11-16(18(17)29-10-9-23)13-3-5-14(6-4-13)21(24,25)26/h3-6,11-12H,1-2,7-10H2,(H,27,28). The highest BCUT2D eigenvalue weighted by Crippen LogP contribution is 2.47. The van der Waals surface area contributed by atoms with Gasteiger partial charge in [-0.25, -0.2) is 4.39 Å². The Hall–Kier alpha value is -2.28. The minimum atomic E-state index is -4.48. The van der Waals surface area contributed by atoms with Gasteiger partial charge in [-0.1, -0.05) is 36.6 Å². The second kappa shape index (κ2) is 8.22. The molecule has 1 saturated carbocycles. The third kappa shape index (κ3) is 4.20. The zero-order valence-corrected chi connectivity index (χ0v) is 16.1. The number of halogens is 5. The quantitative estimate of drug-likeness (QED) is 0.549. The topological polar surface area (TPSA) is 46.5 Å². The summed E-state index contributed by atoms with van der Waals surface area (Å²) >= 11 is 6.35. The number of carboxylic acid groups (broad SMARTS) is 1. The van der Waals surface area contributed by atoms with Crippen LogP contribution in [-0.2, 0) is 16.4 Å². The summed E-state index contributed by atoms with van der Waals surface area (Å²) in [6, 6.07) is 7.48. The highest BCUT2D eigenvalue weighted by atomic mass is 35.5. The van der Waals surface area contributed by atoms with Gasteiger partial charge in [-0.05, 0) is 48.2 Å². The minimum Gasteiger partial charge on any atom is -0.489 e. The predicted molar refractivity (Wildman–Crippen MR) is 101 cm³/mol.